The van der Waals surface area contributed by atoms with E-state index in [1.54, 1.807) is 6.92 Å². The molecule has 0 heterocycles. The molecule has 0 spiro atoms. The van der Waals surface area contributed by atoms with Crippen LogP contribution in [-0.4, -0.2) is 62.5 Å². The molecule has 5 N–H and O–H groups in total. The van der Waals surface area contributed by atoms with Gasteiger partial charge < -0.3 is 30.9 Å². The second kappa shape index (κ2) is 10.1. The van der Waals surface area contributed by atoms with Gasteiger partial charge in [-0.25, -0.2) is 0 Å². The zero-order chi connectivity index (χ0) is 15.5. The van der Waals surface area contributed by atoms with E-state index in [4.69, 9.17) is 20.3 Å². The SMILES string of the molecule is CCNC(=O)COC(OCC(CO)C(N)=O)C(=O)NC. The van der Waals surface area contributed by atoms with Gasteiger partial charge in [0.25, 0.3) is 5.91 Å². The number of nitrogens with one attached hydrogen (secondary N) is 2. The highest BCUT2D eigenvalue weighted by Gasteiger charge is 2.23. The summed E-state index contributed by atoms with van der Waals surface area (Å²) >= 11 is 0. The maximum absolute atomic E-state index is 11.5. The minimum absolute atomic E-state index is 0.292. The summed E-state index contributed by atoms with van der Waals surface area (Å²) in [6, 6.07) is 0. The van der Waals surface area contributed by atoms with Crippen LogP contribution in [0.1, 0.15) is 6.92 Å². The first kappa shape index (κ1) is 18.3. The Morgan fingerprint density at radius 2 is 1.95 bits per heavy atom. The molecule has 0 aliphatic heterocycles. The Kier molecular flexibility index (Phi) is 9.26. The van der Waals surface area contributed by atoms with Gasteiger partial charge in [-0.2, -0.15) is 0 Å². The first-order chi connectivity index (χ1) is 9.46. The number of primary amides is 1. The Morgan fingerprint density at radius 1 is 1.30 bits per heavy atom. The Morgan fingerprint density at radius 3 is 2.40 bits per heavy atom. The van der Waals surface area contributed by atoms with Gasteiger partial charge in [-0.05, 0) is 6.92 Å². The normalized spacial score (nSPS) is 13.3. The Hall–Kier alpha value is -1.71. The molecule has 0 saturated carbocycles. The van der Waals surface area contributed by atoms with E-state index >= 15 is 0 Å². The van der Waals surface area contributed by atoms with Crippen LogP contribution in [0.4, 0.5) is 0 Å². The fourth-order valence-corrected chi connectivity index (χ4v) is 1.15. The Labute approximate surface area is 116 Å². The van der Waals surface area contributed by atoms with Gasteiger partial charge in [0.15, 0.2) is 0 Å². The molecule has 20 heavy (non-hydrogen) atoms. The van der Waals surface area contributed by atoms with Gasteiger partial charge in [0, 0.05) is 13.6 Å². The molecule has 2 unspecified atom stereocenters. The van der Waals surface area contributed by atoms with Gasteiger partial charge in [0.05, 0.1) is 19.1 Å². The molecule has 2 atom stereocenters. The lowest BCUT2D eigenvalue weighted by atomic mass is 10.2. The highest BCUT2D eigenvalue weighted by molar-refractivity contribution is 5.81. The minimum atomic E-state index is -1.36. The number of amides is 3. The standard InChI is InChI=1S/C11H21N3O6/c1-3-14-8(16)6-20-11(10(18)13-2)19-5-7(4-15)9(12)17/h7,11,15H,3-6H2,1-2H3,(H2,12,17)(H,13,18)(H,14,16). The molecule has 0 bridgehead atoms. The summed E-state index contributed by atoms with van der Waals surface area (Å²) in [6.07, 6.45) is -1.36. The van der Waals surface area contributed by atoms with Crippen LogP contribution in [-0.2, 0) is 23.9 Å². The zero-order valence-corrected chi connectivity index (χ0v) is 11.5. The van der Waals surface area contributed by atoms with Crippen molar-refractivity contribution in [3.05, 3.63) is 0 Å². The van der Waals surface area contributed by atoms with Crippen molar-refractivity contribution in [1.29, 1.82) is 0 Å². The van der Waals surface area contributed by atoms with Gasteiger partial charge in [-0.15, -0.1) is 0 Å². The lowest BCUT2D eigenvalue weighted by Crippen LogP contribution is -2.41. The second-order valence-corrected chi connectivity index (χ2v) is 3.83. The molecule has 0 aromatic carbocycles. The van der Waals surface area contributed by atoms with Gasteiger partial charge in [-0.1, -0.05) is 0 Å². The predicted octanol–water partition coefficient (Wildman–Crippen LogP) is -2.68. The summed E-state index contributed by atoms with van der Waals surface area (Å²) in [5.74, 6) is -2.73. The molecule has 0 rings (SSSR count). The average molecular weight is 291 g/mol. The van der Waals surface area contributed by atoms with E-state index < -0.39 is 36.5 Å². The van der Waals surface area contributed by atoms with Gasteiger partial charge in [0.2, 0.25) is 18.1 Å². The fraction of sp³-hybridized carbons (Fsp3) is 0.727. The van der Waals surface area contributed by atoms with Crippen LogP contribution in [0.3, 0.4) is 0 Å². The second-order valence-electron chi connectivity index (χ2n) is 3.83. The molecule has 0 aliphatic carbocycles. The molecule has 9 heteroatoms. The fourth-order valence-electron chi connectivity index (χ4n) is 1.15. The number of nitrogens with two attached hydrogens (primary N) is 1. The Bertz CT molecular complexity index is 336. The van der Waals surface area contributed by atoms with Crippen LogP contribution in [0.2, 0.25) is 0 Å². The van der Waals surface area contributed by atoms with E-state index in [-0.39, 0.29) is 13.2 Å². The van der Waals surface area contributed by atoms with E-state index in [0.29, 0.717) is 6.54 Å². The number of aliphatic hydroxyl groups is 1. The van der Waals surface area contributed by atoms with E-state index in [0.717, 1.165) is 0 Å². The monoisotopic (exact) mass is 291 g/mol. The molecule has 0 fully saturated rings. The molecule has 0 aromatic rings. The molecule has 3 amide bonds. The number of ether oxygens (including phenoxy) is 2. The maximum atomic E-state index is 11.5. The van der Waals surface area contributed by atoms with Crippen molar-refractivity contribution in [3.63, 3.8) is 0 Å². The summed E-state index contributed by atoms with van der Waals surface area (Å²) in [6.45, 7) is 1.00. The summed E-state index contributed by atoms with van der Waals surface area (Å²) < 4.78 is 10.1. The predicted molar refractivity (Wildman–Crippen MR) is 68.2 cm³/mol. The van der Waals surface area contributed by atoms with E-state index in [1.165, 1.54) is 7.05 Å². The molecular weight excluding hydrogens is 270 g/mol. The lowest BCUT2D eigenvalue weighted by Gasteiger charge is -2.19. The van der Waals surface area contributed by atoms with Crippen molar-refractivity contribution < 1.29 is 29.0 Å². The van der Waals surface area contributed by atoms with Gasteiger partial charge in [-0.3, -0.25) is 14.4 Å². The summed E-state index contributed by atoms with van der Waals surface area (Å²) in [5.41, 5.74) is 5.02. The first-order valence-electron chi connectivity index (χ1n) is 6.07. The lowest BCUT2D eigenvalue weighted by molar-refractivity contribution is -0.179. The third kappa shape index (κ3) is 7.02. The van der Waals surface area contributed by atoms with Crippen LogP contribution in [0, 0.1) is 5.92 Å². The van der Waals surface area contributed by atoms with Crippen LogP contribution >= 0.6 is 0 Å². The van der Waals surface area contributed by atoms with Crippen molar-refractivity contribution >= 4 is 17.7 Å². The first-order valence-corrected chi connectivity index (χ1v) is 6.07. The number of rotatable bonds is 10. The van der Waals surface area contributed by atoms with Crippen LogP contribution < -0.4 is 16.4 Å². The third-order valence-electron chi connectivity index (χ3n) is 2.27. The molecule has 0 saturated heterocycles. The third-order valence-corrected chi connectivity index (χ3v) is 2.27. The highest BCUT2D eigenvalue weighted by atomic mass is 16.7. The number of carbonyl (C=O) groups is 3. The molecular formula is C11H21N3O6. The van der Waals surface area contributed by atoms with E-state index in [1.807, 2.05) is 0 Å². The number of aliphatic hydroxyl groups excluding tert-OH is 1. The summed E-state index contributed by atoms with van der Waals surface area (Å²) in [7, 11) is 1.37. The highest BCUT2D eigenvalue weighted by Crippen LogP contribution is 2.02. The smallest absolute Gasteiger partial charge is 0.276 e. The largest absolute Gasteiger partial charge is 0.395 e. The average Bonchev–Trinajstić information content (AvgIpc) is 2.41. The van der Waals surface area contributed by atoms with Crippen molar-refractivity contribution in [2.24, 2.45) is 11.7 Å². The van der Waals surface area contributed by atoms with Crippen molar-refractivity contribution in [2.45, 2.75) is 13.2 Å². The molecule has 0 aromatic heterocycles. The Balaban J connectivity index is 4.38. The number of hydrogen-bond acceptors (Lipinski definition) is 6. The number of carbonyl (C=O) groups excluding carboxylic acids is 3. The van der Waals surface area contributed by atoms with E-state index in [2.05, 4.69) is 10.6 Å². The molecule has 0 aliphatic rings. The summed E-state index contributed by atoms with van der Waals surface area (Å²) in [4.78, 5) is 33.6. The zero-order valence-electron chi connectivity index (χ0n) is 11.5. The molecule has 0 radical (unpaired) electrons. The number of hydrogen-bond donors (Lipinski definition) is 4. The minimum Gasteiger partial charge on any atom is -0.395 e. The van der Waals surface area contributed by atoms with Crippen LogP contribution in [0.25, 0.3) is 0 Å². The van der Waals surface area contributed by atoms with Gasteiger partial charge >= 0.3 is 0 Å². The molecule has 116 valence electrons. The topological polar surface area (TPSA) is 140 Å². The van der Waals surface area contributed by atoms with Crippen molar-refractivity contribution in [2.75, 3.05) is 33.4 Å². The summed E-state index contributed by atoms with van der Waals surface area (Å²) in [5, 5.41) is 13.7. The quantitative estimate of drug-likeness (QED) is 0.323. The van der Waals surface area contributed by atoms with Crippen molar-refractivity contribution in [3.8, 4) is 0 Å². The van der Waals surface area contributed by atoms with E-state index in [9.17, 15) is 14.4 Å². The van der Waals surface area contributed by atoms with Crippen LogP contribution in [0.15, 0.2) is 0 Å². The maximum Gasteiger partial charge on any atom is 0.276 e. The van der Waals surface area contributed by atoms with Crippen molar-refractivity contribution in [1.82, 2.24) is 10.6 Å². The molecule has 9 nitrogen and oxygen atoms in total. The van der Waals surface area contributed by atoms with Crippen LogP contribution in [0.5, 0.6) is 0 Å². The van der Waals surface area contributed by atoms with Gasteiger partial charge in [0.1, 0.15) is 6.61 Å². The number of likely N-dealkylation sites (N-methyl/N-ethyl adjacent to an activating group) is 2.